The van der Waals surface area contributed by atoms with E-state index in [1.165, 1.54) is 12.1 Å². The summed E-state index contributed by atoms with van der Waals surface area (Å²) in [6.07, 6.45) is -5.00. The van der Waals surface area contributed by atoms with E-state index in [1.807, 2.05) is 91.0 Å². The Morgan fingerprint density at radius 2 is 1.37 bits per heavy atom. The Labute approximate surface area is 311 Å². The van der Waals surface area contributed by atoms with Crippen LogP contribution in [0.5, 0.6) is 5.75 Å². The van der Waals surface area contributed by atoms with Gasteiger partial charge in [0.1, 0.15) is 23.9 Å². The van der Waals surface area contributed by atoms with Gasteiger partial charge in [-0.05, 0) is 65.4 Å². The van der Waals surface area contributed by atoms with Gasteiger partial charge < -0.3 is 33.5 Å². The van der Waals surface area contributed by atoms with Gasteiger partial charge in [0.05, 0.1) is 39.6 Å². The summed E-state index contributed by atoms with van der Waals surface area (Å²) in [5, 5.41) is 11.3. The summed E-state index contributed by atoms with van der Waals surface area (Å²) in [5.74, 6) is -2.39. The van der Waals surface area contributed by atoms with Crippen molar-refractivity contribution in [2.75, 3.05) is 19.8 Å². The van der Waals surface area contributed by atoms with E-state index in [2.05, 4.69) is 0 Å². The van der Waals surface area contributed by atoms with Crippen LogP contribution in [0, 0.1) is 5.82 Å². The molecule has 0 amide bonds. The molecule has 0 aromatic heterocycles. The number of hydrogen-bond acceptors (Lipinski definition) is 7. The van der Waals surface area contributed by atoms with Gasteiger partial charge >= 0.3 is 0 Å². The molecule has 2 bridgehead atoms. The lowest BCUT2D eigenvalue weighted by atomic mass is 9.83. The molecular formula is C43H42ClFO7. The van der Waals surface area contributed by atoms with Gasteiger partial charge in [0, 0.05) is 13.3 Å². The predicted molar refractivity (Wildman–Crippen MR) is 195 cm³/mol. The summed E-state index contributed by atoms with van der Waals surface area (Å²) in [6, 6.07) is 37.8. The minimum atomic E-state index is -2.26. The Hall–Kier alpha value is -4.12. The third-order valence-corrected chi connectivity index (χ3v) is 9.68. The fourth-order valence-corrected chi connectivity index (χ4v) is 6.94. The Bertz CT molecular complexity index is 2010. The van der Waals surface area contributed by atoms with Crippen LogP contribution >= 0.6 is 11.6 Å². The summed E-state index contributed by atoms with van der Waals surface area (Å²) in [7, 11) is 0. The van der Waals surface area contributed by atoms with Crippen molar-refractivity contribution in [3.05, 3.63) is 172 Å². The van der Waals surface area contributed by atoms with Crippen LogP contribution in [0.15, 0.2) is 127 Å². The average molecular weight is 727 g/mol. The second-order valence-electron chi connectivity index (χ2n) is 12.9. The fourth-order valence-electron chi connectivity index (χ4n) is 6.78. The van der Waals surface area contributed by atoms with Crippen molar-refractivity contribution < 1.29 is 40.7 Å². The number of aliphatic hydroxyl groups excluding tert-OH is 1. The average Bonchev–Trinajstić information content (AvgIpc) is 3.56. The third kappa shape index (κ3) is 7.65. The molecule has 2 fully saturated rings. The van der Waals surface area contributed by atoms with Crippen LogP contribution in [0.25, 0.3) is 0 Å². The van der Waals surface area contributed by atoms with E-state index in [1.54, 1.807) is 25.1 Å². The summed E-state index contributed by atoms with van der Waals surface area (Å²) >= 11 is 6.73. The molecule has 2 heterocycles. The molecule has 7 nitrogen and oxygen atoms in total. The molecule has 0 saturated carbocycles. The summed E-state index contributed by atoms with van der Waals surface area (Å²) < 4.78 is 72.7. The fraction of sp³-hybridized carbons (Fsp3) is 0.302. The van der Waals surface area contributed by atoms with Gasteiger partial charge in [0.25, 0.3) is 0 Å². The van der Waals surface area contributed by atoms with Crippen molar-refractivity contribution in [2.45, 2.75) is 62.8 Å². The number of ether oxygens (including phenoxy) is 6. The van der Waals surface area contributed by atoms with Gasteiger partial charge in [-0.25, -0.2) is 4.39 Å². The molecule has 5 aromatic rings. The van der Waals surface area contributed by atoms with E-state index < -0.39 is 48.5 Å². The normalized spacial score (nSPS) is 24.7. The van der Waals surface area contributed by atoms with Gasteiger partial charge in [-0.2, -0.15) is 0 Å². The van der Waals surface area contributed by atoms with Crippen molar-refractivity contribution in [1.82, 2.24) is 0 Å². The van der Waals surface area contributed by atoms with Gasteiger partial charge in [0.2, 0.25) is 5.79 Å². The van der Waals surface area contributed by atoms with Gasteiger partial charge in [-0.15, -0.1) is 0 Å². The molecule has 270 valence electrons. The van der Waals surface area contributed by atoms with Crippen molar-refractivity contribution in [1.29, 1.82) is 0 Å². The van der Waals surface area contributed by atoms with Crippen molar-refractivity contribution in [3.63, 3.8) is 0 Å². The van der Waals surface area contributed by atoms with Crippen LogP contribution in [0.1, 0.15) is 43.0 Å². The van der Waals surface area contributed by atoms with Crippen molar-refractivity contribution in [2.24, 2.45) is 0 Å². The minimum absolute atomic E-state index is 0.0232. The molecule has 9 heteroatoms. The molecule has 0 radical (unpaired) electrons. The molecule has 0 spiro atoms. The maximum atomic E-state index is 15.0. The first-order valence-electron chi connectivity index (χ1n) is 18.3. The second kappa shape index (κ2) is 16.3. The molecule has 52 heavy (non-hydrogen) atoms. The lowest BCUT2D eigenvalue weighted by Gasteiger charge is -2.50. The predicted octanol–water partition coefficient (Wildman–Crippen LogP) is 8.17. The van der Waals surface area contributed by atoms with Crippen molar-refractivity contribution in [3.8, 4) is 5.75 Å². The van der Waals surface area contributed by atoms with E-state index in [-0.39, 0.29) is 54.9 Å². The number of hydrogen-bond donors (Lipinski definition) is 1. The molecule has 7 rings (SSSR count). The van der Waals surface area contributed by atoms with Crippen LogP contribution in [0.3, 0.4) is 0 Å². The lowest BCUT2D eigenvalue weighted by Crippen LogP contribution is -2.67. The monoisotopic (exact) mass is 726 g/mol. The van der Waals surface area contributed by atoms with Crippen LogP contribution in [0.2, 0.25) is 5.02 Å². The summed E-state index contributed by atoms with van der Waals surface area (Å²) in [6.45, 7) is 1.98. The first-order chi connectivity index (χ1) is 26.2. The maximum Gasteiger partial charge on any atom is 0.225 e. The first-order valence-corrected chi connectivity index (χ1v) is 17.7. The molecule has 0 aliphatic carbocycles. The zero-order chi connectivity index (χ0) is 37.8. The highest BCUT2D eigenvalue weighted by molar-refractivity contribution is 6.31. The Kier molecular flexibility index (Phi) is 10.5. The van der Waals surface area contributed by atoms with Crippen LogP contribution < -0.4 is 4.74 Å². The van der Waals surface area contributed by atoms with Crippen LogP contribution in [0.4, 0.5) is 4.39 Å². The quantitative estimate of drug-likeness (QED) is 0.117. The highest BCUT2D eigenvalue weighted by Gasteiger charge is 2.69. The Morgan fingerprint density at radius 1 is 0.769 bits per heavy atom. The summed E-state index contributed by atoms with van der Waals surface area (Å²) in [5.41, 5.74) is 1.79. The molecule has 5 atom stereocenters. The van der Waals surface area contributed by atoms with E-state index in [9.17, 15) is 7.85 Å². The van der Waals surface area contributed by atoms with Crippen LogP contribution in [-0.2, 0) is 55.7 Å². The summed E-state index contributed by atoms with van der Waals surface area (Å²) in [4.78, 5) is 0. The standard InChI is InChI=1S/C43H42ClFO7/c1-2-47-38-21-18-33(23-37(38)45)22-34-24-35(19-20-36(34)44)43-41(50-27-32-16-10-5-11-17-32)39(48-25-30-12-6-3-7-13-30)40(42(28-46,52-43)29-51-43)49-26-31-14-8-4-9-15-31/h3-21,23-24,39-41,46H,2,22,25-29H2,1H3/t39-,40-,41+,42-,43-/m0/s1/i22D2. The van der Waals surface area contributed by atoms with E-state index >= 15 is 4.39 Å². The zero-order valence-electron chi connectivity index (χ0n) is 30.8. The minimum Gasteiger partial charge on any atom is -0.491 e. The molecular weight excluding hydrogens is 683 g/mol. The second-order valence-corrected chi connectivity index (χ2v) is 13.3. The van der Waals surface area contributed by atoms with Gasteiger partial charge in [0.15, 0.2) is 11.6 Å². The molecule has 2 saturated heterocycles. The number of rotatable bonds is 15. The van der Waals surface area contributed by atoms with Crippen LogP contribution in [-0.4, -0.2) is 48.8 Å². The van der Waals surface area contributed by atoms with Crippen molar-refractivity contribution >= 4 is 11.6 Å². The largest absolute Gasteiger partial charge is 0.491 e. The van der Waals surface area contributed by atoms with Gasteiger partial charge in [-0.1, -0.05) is 115 Å². The van der Waals surface area contributed by atoms with E-state index in [4.69, 9.17) is 40.0 Å². The molecule has 2 aliphatic heterocycles. The number of aliphatic hydroxyl groups is 1. The van der Waals surface area contributed by atoms with Gasteiger partial charge in [-0.3, -0.25) is 0 Å². The topological polar surface area (TPSA) is 75.6 Å². The molecule has 5 aromatic carbocycles. The zero-order valence-corrected chi connectivity index (χ0v) is 29.5. The lowest BCUT2D eigenvalue weighted by molar-refractivity contribution is -0.353. The number of benzene rings is 5. The Morgan fingerprint density at radius 3 is 1.94 bits per heavy atom. The SMILES string of the molecule is [2H]C([2H])(c1ccc(OCC)c(F)c1)c1cc([C@]23OC[C@](CO)(O2)[C@@H](OCc2ccccc2)[C@H](OCc2ccccc2)[C@H]3OCc2ccccc2)ccc1Cl. The molecule has 0 unspecified atom stereocenters. The highest BCUT2D eigenvalue weighted by atomic mass is 35.5. The third-order valence-electron chi connectivity index (χ3n) is 9.35. The molecule has 2 aliphatic rings. The smallest absolute Gasteiger partial charge is 0.225 e. The maximum absolute atomic E-state index is 15.0. The van der Waals surface area contributed by atoms with E-state index in [0.717, 1.165) is 22.8 Å². The Balaban J connectivity index is 1.33. The number of fused-ring (bicyclic) bond motifs is 2. The number of halogens is 2. The highest BCUT2D eigenvalue weighted by Crippen LogP contribution is 2.53. The first kappa shape index (κ1) is 33.7. The van der Waals surface area contributed by atoms with E-state index in [0.29, 0.717) is 5.56 Å². The molecule has 1 N–H and O–H groups in total.